The van der Waals surface area contributed by atoms with Crippen LogP contribution in [0.15, 0.2) is 78.9 Å². The maximum atomic E-state index is 14.3. The summed E-state index contributed by atoms with van der Waals surface area (Å²) in [5.41, 5.74) is 8.77. The van der Waals surface area contributed by atoms with Gasteiger partial charge in [0.2, 0.25) is 29.5 Å². The molecule has 0 bridgehead atoms. The van der Waals surface area contributed by atoms with E-state index in [1.807, 2.05) is 24.3 Å². The summed E-state index contributed by atoms with van der Waals surface area (Å²) in [6, 6.07) is 19.3. The average Bonchev–Trinajstić information content (AvgIpc) is 4.09. The van der Waals surface area contributed by atoms with Crippen LogP contribution < -0.4 is 51.6 Å². The second-order valence-corrected chi connectivity index (χ2v) is 20.1. The predicted molar refractivity (Wildman–Crippen MR) is 285 cm³/mol. The fraction of sp³-hybridized carbons (Fsp3) is 0.545. The van der Waals surface area contributed by atoms with Crippen molar-refractivity contribution < 1.29 is 43.0 Å². The van der Waals surface area contributed by atoms with Gasteiger partial charge in [0, 0.05) is 68.8 Å². The summed E-state index contributed by atoms with van der Waals surface area (Å²) in [6.07, 6.45) is 7.38. The van der Waals surface area contributed by atoms with Crippen LogP contribution in [0.5, 0.6) is 11.5 Å². The van der Waals surface area contributed by atoms with Gasteiger partial charge in [0.15, 0.2) is 6.17 Å². The number of para-hydroxylation sites is 1. The lowest BCUT2D eigenvalue weighted by Crippen LogP contribution is -2.62. The summed E-state index contributed by atoms with van der Waals surface area (Å²) < 4.78 is 11.9. The molecule has 0 aliphatic carbocycles. The van der Waals surface area contributed by atoms with Gasteiger partial charge in [0.25, 0.3) is 11.8 Å². The van der Waals surface area contributed by atoms with Crippen molar-refractivity contribution in [3.05, 3.63) is 84.4 Å². The van der Waals surface area contributed by atoms with Gasteiger partial charge in [0.1, 0.15) is 42.3 Å². The van der Waals surface area contributed by atoms with Crippen LogP contribution in [0.3, 0.4) is 0 Å². The van der Waals surface area contributed by atoms with Gasteiger partial charge in [-0.3, -0.25) is 38.5 Å². The van der Waals surface area contributed by atoms with E-state index in [1.54, 1.807) is 56.6 Å². The van der Waals surface area contributed by atoms with Gasteiger partial charge < -0.3 is 61.4 Å². The molecule has 3 aromatic rings. The maximum Gasteiger partial charge on any atom is 0.261 e. The van der Waals surface area contributed by atoms with E-state index in [9.17, 15) is 33.6 Å². The van der Waals surface area contributed by atoms with E-state index >= 15 is 0 Å². The van der Waals surface area contributed by atoms with Gasteiger partial charge in [0.05, 0.1) is 13.2 Å². The largest absolute Gasteiger partial charge is 0.494 e. The first kappa shape index (κ1) is 55.8. The molecule has 4 aliphatic rings. The number of hydrogen-bond acceptors (Lipinski definition) is 13. The van der Waals surface area contributed by atoms with E-state index in [0.717, 1.165) is 56.3 Å². The number of benzene rings is 3. The minimum Gasteiger partial charge on any atom is -0.494 e. The SMILES string of the molecule is CCCCCCCCOc1ccc(N2CCN(c3ccc(C(=O)NC4CCCNC(=O)C5CC(N)CN5C(=O)C(N(C)C)NC(=O)C(COc5ccccc5)NC(=O)C5CCCN5C(=O)CNC4=O)cc3)CC2)cc1. The molecule has 6 atom stereocenters. The molecule has 7 rings (SSSR count). The molecular formula is C55H77N11O9. The lowest BCUT2D eigenvalue weighted by molar-refractivity contribution is -0.145. The normalized spacial score (nSPS) is 23.6. The number of piperazine rings is 1. The second kappa shape index (κ2) is 27.6. The van der Waals surface area contributed by atoms with Crippen molar-refractivity contribution >= 4 is 52.7 Å². The Labute approximate surface area is 440 Å². The predicted octanol–water partition coefficient (Wildman–Crippen LogP) is 2.36. The third-order valence-corrected chi connectivity index (χ3v) is 14.4. The number of nitrogens with one attached hydrogen (secondary N) is 5. The molecule has 406 valence electrons. The molecule has 7 amide bonds. The molecule has 4 saturated heterocycles. The summed E-state index contributed by atoms with van der Waals surface area (Å²) in [5, 5.41) is 13.9. The zero-order chi connectivity index (χ0) is 53.3. The Bertz CT molecular complexity index is 2380. The van der Waals surface area contributed by atoms with Crippen LogP contribution in [-0.4, -0.2) is 172 Å². The van der Waals surface area contributed by atoms with Crippen molar-refractivity contribution in [2.75, 3.05) is 89.5 Å². The fourth-order valence-corrected chi connectivity index (χ4v) is 10.1. The van der Waals surface area contributed by atoms with E-state index in [2.05, 4.69) is 55.4 Å². The molecule has 0 spiro atoms. The molecule has 0 radical (unpaired) electrons. The molecule has 0 aromatic heterocycles. The Balaban J connectivity index is 0.993. The molecule has 0 saturated carbocycles. The van der Waals surface area contributed by atoms with E-state index in [-0.39, 0.29) is 45.5 Å². The topological polar surface area (TPSA) is 240 Å². The highest BCUT2D eigenvalue weighted by molar-refractivity contribution is 5.99. The zero-order valence-corrected chi connectivity index (χ0v) is 43.8. The van der Waals surface area contributed by atoms with Gasteiger partial charge in [-0.25, -0.2) is 0 Å². The van der Waals surface area contributed by atoms with E-state index in [4.69, 9.17) is 15.2 Å². The van der Waals surface area contributed by atoms with E-state index in [1.165, 1.54) is 46.8 Å². The lowest BCUT2D eigenvalue weighted by Gasteiger charge is -2.37. The molecule has 75 heavy (non-hydrogen) atoms. The van der Waals surface area contributed by atoms with Crippen LogP contribution in [-0.2, 0) is 28.8 Å². The standard InChI is InChI=1S/C55H77N11O9/c1-4-5-6-7-8-12-33-74-43-25-23-41(24-26-43)64-31-29-63(30-32-64)40-21-19-38(20-22-40)50(68)59-44-17-13-27-57-53(71)47-34-39(56)36-66(47)55(73)49(62(2)3)61-52(70)45(37-75-42-15-10-9-11-16-42)60-54(72)46-18-14-28-65(46)48(67)35-58-51(44)69/h9-11,15-16,19-26,39,44-47,49H,4-8,12-14,17-18,27-37,56H2,1-3H3,(H,57,71)(H,58,69)(H,59,68)(H,60,72)(H,61,70). The van der Waals surface area contributed by atoms with Crippen molar-refractivity contribution in [2.45, 2.75) is 114 Å². The van der Waals surface area contributed by atoms with Crippen LogP contribution in [0, 0.1) is 0 Å². The molecule has 4 heterocycles. The minimum atomic E-state index is -1.31. The maximum absolute atomic E-state index is 14.3. The van der Waals surface area contributed by atoms with Crippen molar-refractivity contribution in [3.8, 4) is 11.5 Å². The number of rotatable bonds is 16. The Morgan fingerprint density at radius 2 is 1.33 bits per heavy atom. The van der Waals surface area contributed by atoms with Gasteiger partial charge in [-0.15, -0.1) is 0 Å². The molecule has 6 unspecified atom stereocenters. The van der Waals surface area contributed by atoms with Gasteiger partial charge in [-0.1, -0.05) is 57.2 Å². The molecule has 4 aliphatic heterocycles. The Hall–Kier alpha value is -6.93. The van der Waals surface area contributed by atoms with Crippen LogP contribution in [0.2, 0.25) is 0 Å². The first-order valence-electron chi connectivity index (χ1n) is 26.8. The molecular weight excluding hydrogens is 959 g/mol. The number of carbonyl (C=O) groups is 7. The van der Waals surface area contributed by atoms with Crippen molar-refractivity contribution in [3.63, 3.8) is 0 Å². The number of fused-ring (bicyclic) bond motifs is 2. The van der Waals surface area contributed by atoms with Crippen molar-refractivity contribution in [1.29, 1.82) is 0 Å². The van der Waals surface area contributed by atoms with E-state index in [0.29, 0.717) is 24.2 Å². The first-order valence-corrected chi connectivity index (χ1v) is 26.8. The van der Waals surface area contributed by atoms with Crippen molar-refractivity contribution in [2.24, 2.45) is 5.73 Å². The summed E-state index contributed by atoms with van der Waals surface area (Å²) in [5.74, 6) is -2.72. The van der Waals surface area contributed by atoms with Crippen LogP contribution >= 0.6 is 0 Å². The molecule has 4 fully saturated rings. The Kier molecular flexibility index (Phi) is 20.5. The summed E-state index contributed by atoms with van der Waals surface area (Å²) in [6.45, 7) is 5.75. The number of anilines is 2. The lowest BCUT2D eigenvalue weighted by atomic mass is 10.1. The first-order chi connectivity index (χ1) is 36.3. The third kappa shape index (κ3) is 15.6. The average molecular weight is 1040 g/mol. The monoisotopic (exact) mass is 1040 g/mol. The highest BCUT2D eigenvalue weighted by Crippen LogP contribution is 2.25. The summed E-state index contributed by atoms with van der Waals surface area (Å²) >= 11 is 0. The number of nitrogens with two attached hydrogens (primary N) is 1. The van der Waals surface area contributed by atoms with Crippen LogP contribution in [0.25, 0.3) is 0 Å². The number of hydrogen-bond donors (Lipinski definition) is 6. The Morgan fingerprint density at radius 3 is 2.01 bits per heavy atom. The zero-order valence-electron chi connectivity index (χ0n) is 43.8. The van der Waals surface area contributed by atoms with E-state index < -0.39 is 84.3 Å². The number of ether oxygens (including phenoxy) is 2. The summed E-state index contributed by atoms with van der Waals surface area (Å²) in [7, 11) is 3.20. The van der Waals surface area contributed by atoms with Gasteiger partial charge in [-0.05, 0) is 113 Å². The third-order valence-electron chi connectivity index (χ3n) is 14.4. The number of likely N-dealkylation sites (N-methyl/N-ethyl adjacent to an activating group) is 1. The highest BCUT2D eigenvalue weighted by Gasteiger charge is 2.43. The number of nitrogens with zero attached hydrogens (tertiary/aromatic N) is 5. The molecule has 3 aromatic carbocycles. The molecule has 20 heteroatoms. The second-order valence-electron chi connectivity index (χ2n) is 20.1. The minimum absolute atomic E-state index is 0.0523. The van der Waals surface area contributed by atoms with Gasteiger partial charge >= 0.3 is 0 Å². The van der Waals surface area contributed by atoms with Crippen molar-refractivity contribution in [1.82, 2.24) is 41.3 Å². The Morgan fingerprint density at radius 1 is 0.680 bits per heavy atom. The number of unbranched alkanes of at least 4 members (excludes halogenated alkanes) is 5. The van der Waals surface area contributed by atoms with Crippen LogP contribution in [0.1, 0.15) is 87.9 Å². The fourth-order valence-electron chi connectivity index (χ4n) is 10.1. The molecule has 20 nitrogen and oxygen atoms in total. The smallest absolute Gasteiger partial charge is 0.261 e. The van der Waals surface area contributed by atoms with Gasteiger partial charge in [-0.2, -0.15) is 0 Å². The number of carbonyl (C=O) groups excluding carboxylic acids is 7. The quantitative estimate of drug-likeness (QED) is 0.113. The molecule has 7 N–H and O–H groups in total. The van der Waals surface area contributed by atoms with Crippen LogP contribution in [0.4, 0.5) is 11.4 Å². The highest BCUT2D eigenvalue weighted by atomic mass is 16.5. The summed E-state index contributed by atoms with van der Waals surface area (Å²) in [4.78, 5) is 106. The number of amides is 7.